The Bertz CT molecular complexity index is 430. The standard InChI is InChI=1S/C10H11F3N2O2/c1-2-17-6-3-4-8(10(11,12)13)7(5-6)9(14)15-16/h3-5,16H,2H2,1H3,(H2,14,15). The highest BCUT2D eigenvalue weighted by Crippen LogP contribution is 2.33. The molecule has 0 aliphatic rings. The summed E-state index contributed by atoms with van der Waals surface area (Å²) in [5.41, 5.74) is 3.81. The van der Waals surface area contributed by atoms with E-state index in [-0.39, 0.29) is 5.75 Å². The smallest absolute Gasteiger partial charge is 0.417 e. The number of hydrogen-bond acceptors (Lipinski definition) is 3. The number of alkyl halides is 3. The molecule has 94 valence electrons. The fraction of sp³-hybridized carbons (Fsp3) is 0.300. The zero-order chi connectivity index (χ0) is 13.1. The van der Waals surface area contributed by atoms with E-state index in [0.29, 0.717) is 6.61 Å². The number of benzene rings is 1. The molecule has 0 saturated carbocycles. The molecule has 0 amide bonds. The van der Waals surface area contributed by atoms with Crippen molar-refractivity contribution in [3.8, 4) is 5.75 Å². The number of amidine groups is 1. The highest BCUT2D eigenvalue weighted by atomic mass is 19.4. The third kappa shape index (κ3) is 3.02. The number of hydrogen-bond donors (Lipinski definition) is 2. The Balaban J connectivity index is 3.32. The molecule has 0 heterocycles. The maximum atomic E-state index is 12.6. The predicted molar refractivity (Wildman–Crippen MR) is 55.1 cm³/mol. The van der Waals surface area contributed by atoms with E-state index >= 15 is 0 Å². The van der Waals surface area contributed by atoms with Gasteiger partial charge >= 0.3 is 6.18 Å². The van der Waals surface area contributed by atoms with Crippen molar-refractivity contribution in [2.75, 3.05) is 6.61 Å². The second kappa shape index (κ2) is 4.94. The van der Waals surface area contributed by atoms with Crippen LogP contribution < -0.4 is 10.5 Å². The number of nitrogens with zero attached hydrogens (tertiary/aromatic N) is 1. The van der Waals surface area contributed by atoms with Crippen LogP contribution in [0.2, 0.25) is 0 Å². The van der Waals surface area contributed by atoms with Gasteiger partial charge < -0.3 is 15.7 Å². The third-order valence-corrected chi connectivity index (χ3v) is 1.99. The molecule has 3 N–H and O–H groups in total. The predicted octanol–water partition coefficient (Wildman–Crippen LogP) is 2.20. The van der Waals surface area contributed by atoms with Crippen LogP contribution in [0.15, 0.2) is 23.4 Å². The van der Waals surface area contributed by atoms with Crippen molar-refractivity contribution < 1.29 is 23.1 Å². The molecule has 7 heteroatoms. The van der Waals surface area contributed by atoms with Crippen LogP contribution in [0.3, 0.4) is 0 Å². The van der Waals surface area contributed by atoms with Gasteiger partial charge in [-0.1, -0.05) is 5.16 Å². The van der Waals surface area contributed by atoms with E-state index in [1.807, 2.05) is 0 Å². The van der Waals surface area contributed by atoms with Gasteiger partial charge in [0.25, 0.3) is 0 Å². The quantitative estimate of drug-likeness (QED) is 0.373. The Morgan fingerprint density at radius 1 is 1.47 bits per heavy atom. The van der Waals surface area contributed by atoms with Crippen LogP contribution in [-0.4, -0.2) is 17.6 Å². The lowest BCUT2D eigenvalue weighted by Gasteiger charge is -2.13. The molecule has 0 aromatic heterocycles. The Labute approximate surface area is 95.5 Å². The maximum absolute atomic E-state index is 12.6. The van der Waals surface area contributed by atoms with E-state index in [1.165, 1.54) is 6.07 Å². The first kappa shape index (κ1) is 13.1. The zero-order valence-electron chi connectivity index (χ0n) is 8.95. The summed E-state index contributed by atoms with van der Waals surface area (Å²) in [6.07, 6.45) is -4.57. The molecule has 1 aromatic carbocycles. The van der Waals surface area contributed by atoms with Crippen LogP contribution in [0.25, 0.3) is 0 Å². The molecule has 0 saturated heterocycles. The molecule has 0 atom stereocenters. The number of oxime groups is 1. The lowest BCUT2D eigenvalue weighted by molar-refractivity contribution is -0.137. The average Bonchev–Trinajstić information content (AvgIpc) is 2.27. The van der Waals surface area contributed by atoms with Gasteiger partial charge in [-0.2, -0.15) is 13.2 Å². The largest absolute Gasteiger partial charge is 0.494 e. The van der Waals surface area contributed by atoms with Gasteiger partial charge in [0, 0.05) is 5.56 Å². The lowest BCUT2D eigenvalue weighted by atomic mass is 10.1. The highest BCUT2D eigenvalue weighted by Gasteiger charge is 2.34. The van der Waals surface area contributed by atoms with Crippen LogP contribution in [-0.2, 0) is 6.18 Å². The minimum Gasteiger partial charge on any atom is -0.494 e. The summed E-state index contributed by atoms with van der Waals surface area (Å²) in [7, 11) is 0. The Kier molecular flexibility index (Phi) is 3.82. The molecule has 0 bridgehead atoms. The SMILES string of the molecule is CCOc1ccc(C(F)(F)F)c(/C(N)=N/O)c1. The van der Waals surface area contributed by atoms with Gasteiger partial charge in [-0.05, 0) is 25.1 Å². The molecule has 17 heavy (non-hydrogen) atoms. The van der Waals surface area contributed by atoms with E-state index in [0.717, 1.165) is 12.1 Å². The average molecular weight is 248 g/mol. The summed E-state index contributed by atoms with van der Waals surface area (Å²) in [4.78, 5) is 0. The van der Waals surface area contributed by atoms with Crippen molar-refractivity contribution >= 4 is 5.84 Å². The topological polar surface area (TPSA) is 67.8 Å². The molecule has 0 aliphatic carbocycles. The zero-order valence-corrected chi connectivity index (χ0v) is 8.95. The van der Waals surface area contributed by atoms with Crippen molar-refractivity contribution in [1.82, 2.24) is 0 Å². The minimum atomic E-state index is -4.57. The van der Waals surface area contributed by atoms with E-state index < -0.39 is 23.1 Å². The Hall–Kier alpha value is -1.92. The summed E-state index contributed by atoms with van der Waals surface area (Å²) in [6.45, 7) is 2.00. The molecule has 4 nitrogen and oxygen atoms in total. The first-order valence-electron chi connectivity index (χ1n) is 4.72. The molecule has 1 rings (SSSR count). The summed E-state index contributed by atoms with van der Waals surface area (Å²) in [6, 6.07) is 3.10. The monoisotopic (exact) mass is 248 g/mol. The van der Waals surface area contributed by atoms with Gasteiger partial charge in [-0.25, -0.2) is 0 Å². The minimum absolute atomic E-state index is 0.224. The van der Waals surface area contributed by atoms with Crippen LogP contribution in [0.1, 0.15) is 18.1 Å². The molecular weight excluding hydrogens is 237 g/mol. The van der Waals surface area contributed by atoms with Crippen LogP contribution in [0.4, 0.5) is 13.2 Å². The van der Waals surface area contributed by atoms with Crippen molar-refractivity contribution in [1.29, 1.82) is 0 Å². The Morgan fingerprint density at radius 2 is 2.12 bits per heavy atom. The van der Waals surface area contributed by atoms with E-state index in [4.69, 9.17) is 15.7 Å². The normalized spacial score (nSPS) is 12.6. The number of ether oxygens (including phenoxy) is 1. The second-order valence-corrected chi connectivity index (χ2v) is 3.12. The Morgan fingerprint density at radius 3 is 2.59 bits per heavy atom. The van der Waals surface area contributed by atoms with Crippen molar-refractivity contribution in [3.05, 3.63) is 29.3 Å². The first-order valence-corrected chi connectivity index (χ1v) is 4.72. The molecule has 0 spiro atoms. The van der Waals surface area contributed by atoms with Gasteiger partial charge in [0.15, 0.2) is 5.84 Å². The van der Waals surface area contributed by atoms with E-state index in [2.05, 4.69) is 5.16 Å². The van der Waals surface area contributed by atoms with Crippen LogP contribution in [0.5, 0.6) is 5.75 Å². The van der Waals surface area contributed by atoms with Gasteiger partial charge in [-0.15, -0.1) is 0 Å². The van der Waals surface area contributed by atoms with Gasteiger partial charge in [0.05, 0.1) is 12.2 Å². The van der Waals surface area contributed by atoms with Gasteiger partial charge in [0.2, 0.25) is 0 Å². The van der Waals surface area contributed by atoms with Gasteiger partial charge in [0.1, 0.15) is 5.75 Å². The molecule has 0 radical (unpaired) electrons. The first-order chi connectivity index (χ1) is 7.90. The summed E-state index contributed by atoms with van der Waals surface area (Å²) < 4.78 is 42.9. The molecule has 0 fully saturated rings. The second-order valence-electron chi connectivity index (χ2n) is 3.12. The third-order valence-electron chi connectivity index (χ3n) is 1.99. The summed E-state index contributed by atoms with van der Waals surface area (Å²) in [5, 5.41) is 11.0. The number of nitrogens with two attached hydrogens (primary N) is 1. The summed E-state index contributed by atoms with van der Waals surface area (Å²) in [5.74, 6) is -0.388. The van der Waals surface area contributed by atoms with Crippen LogP contribution >= 0.6 is 0 Å². The fourth-order valence-corrected chi connectivity index (χ4v) is 1.29. The maximum Gasteiger partial charge on any atom is 0.417 e. The lowest BCUT2D eigenvalue weighted by Crippen LogP contribution is -2.20. The number of rotatable bonds is 3. The highest BCUT2D eigenvalue weighted by molar-refractivity contribution is 5.99. The number of halogens is 3. The van der Waals surface area contributed by atoms with E-state index in [1.54, 1.807) is 6.92 Å². The van der Waals surface area contributed by atoms with Gasteiger partial charge in [-0.3, -0.25) is 0 Å². The van der Waals surface area contributed by atoms with Crippen molar-refractivity contribution in [2.45, 2.75) is 13.1 Å². The molecule has 0 unspecified atom stereocenters. The summed E-state index contributed by atoms with van der Waals surface area (Å²) >= 11 is 0. The molecule has 1 aromatic rings. The van der Waals surface area contributed by atoms with Crippen molar-refractivity contribution in [3.63, 3.8) is 0 Å². The molecular formula is C10H11F3N2O2. The fourth-order valence-electron chi connectivity index (χ4n) is 1.29. The van der Waals surface area contributed by atoms with E-state index in [9.17, 15) is 13.2 Å². The molecule has 0 aliphatic heterocycles. The van der Waals surface area contributed by atoms with Crippen LogP contribution in [0, 0.1) is 0 Å². The van der Waals surface area contributed by atoms with Crippen molar-refractivity contribution in [2.24, 2.45) is 10.9 Å².